The second-order valence-corrected chi connectivity index (χ2v) is 15.5. The van der Waals surface area contributed by atoms with Crippen molar-refractivity contribution in [2.75, 3.05) is 5.32 Å². The summed E-state index contributed by atoms with van der Waals surface area (Å²) in [5.74, 6) is -0.277. The molecule has 2 aliphatic heterocycles. The second-order valence-electron chi connectivity index (χ2n) is 15.5. The number of carbonyl (C=O) groups excluding carboxylic acids is 2. The molecule has 4 unspecified atom stereocenters. The third-order valence-corrected chi connectivity index (χ3v) is 11.8. The number of fused-ring (bicyclic) bond motifs is 1. The smallest absolute Gasteiger partial charge is 0.404 e. The number of aromatic nitrogens is 2. The van der Waals surface area contributed by atoms with Gasteiger partial charge in [0.05, 0.1) is 34.9 Å². The van der Waals surface area contributed by atoms with Gasteiger partial charge in [-0.05, 0) is 80.2 Å². The summed E-state index contributed by atoms with van der Waals surface area (Å²) in [6.07, 6.45) is -0.805. The van der Waals surface area contributed by atoms with E-state index in [1.807, 2.05) is 6.92 Å². The molecule has 3 aromatic rings. The van der Waals surface area contributed by atoms with Crippen LogP contribution in [0.5, 0.6) is 0 Å². The minimum absolute atomic E-state index is 0.000649. The van der Waals surface area contributed by atoms with Crippen LogP contribution in [0.4, 0.5) is 18.9 Å². The largest absolute Gasteiger partial charge is 0.481 e. The summed E-state index contributed by atoms with van der Waals surface area (Å²) in [6.45, 7) is 10.2. The predicted octanol–water partition coefficient (Wildman–Crippen LogP) is 5.63. The van der Waals surface area contributed by atoms with Crippen LogP contribution in [0.3, 0.4) is 0 Å². The van der Waals surface area contributed by atoms with Crippen LogP contribution in [0.15, 0.2) is 65.6 Å². The van der Waals surface area contributed by atoms with E-state index >= 15 is 0 Å². The third kappa shape index (κ3) is 6.13. The number of rotatable bonds is 9. The van der Waals surface area contributed by atoms with Crippen LogP contribution in [0.2, 0.25) is 0 Å². The molecule has 2 bridgehead atoms. The Morgan fingerprint density at radius 2 is 1.82 bits per heavy atom. The Balaban J connectivity index is 1.16. The van der Waals surface area contributed by atoms with Gasteiger partial charge in [-0.1, -0.05) is 51.1 Å². The molecule has 2 aromatic carbocycles. The number of nitrogens with zero attached hydrogens (tertiary/aromatic N) is 2. The van der Waals surface area contributed by atoms with Gasteiger partial charge in [-0.2, -0.15) is 13.2 Å². The average Bonchev–Trinajstić information content (AvgIpc) is 3.61. The molecular weight excluding hydrogens is 662 g/mol. The molecule has 51 heavy (non-hydrogen) atoms. The van der Waals surface area contributed by atoms with Crippen LogP contribution in [0, 0.1) is 17.3 Å². The van der Waals surface area contributed by atoms with Gasteiger partial charge >= 0.3 is 13.3 Å². The maximum atomic E-state index is 14.3. The van der Waals surface area contributed by atoms with Gasteiger partial charge in [-0.3, -0.25) is 19.0 Å². The fraction of sp³-hybridized carbons (Fsp3) is 0.514. The summed E-state index contributed by atoms with van der Waals surface area (Å²) in [5.41, 5.74) is -2.19. The molecule has 0 radical (unpaired) electrons. The zero-order valence-corrected chi connectivity index (χ0v) is 29.3. The minimum atomic E-state index is -4.52. The van der Waals surface area contributed by atoms with Crippen LogP contribution in [-0.4, -0.2) is 46.1 Å². The molecule has 10 nitrogen and oxygen atoms in total. The van der Waals surface area contributed by atoms with Crippen molar-refractivity contribution in [3.05, 3.63) is 93.7 Å². The fourth-order valence-corrected chi connectivity index (χ4v) is 8.70. The van der Waals surface area contributed by atoms with Crippen LogP contribution in [-0.2, 0) is 32.4 Å². The Hall–Kier alpha value is -4.17. The number of carbonyl (C=O) groups is 2. The van der Waals surface area contributed by atoms with Gasteiger partial charge < -0.3 is 25.3 Å². The van der Waals surface area contributed by atoms with Crippen LogP contribution in [0.25, 0.3) is 0 Å². The van der Waals surface area contributed by atoms with E-state index in [0.29, 0.717) is 29.4 Å². The van der Waals surface area contributed by atoms with E-state index in [1.165, 1.54) is 22.9 Å². The summed E-state index contributed by atoms with van der Waals surface area (Å²) in [7, 11) is -0.676. The molecule has 1 aromatic heterocycles. The summed E-state index contributed by atoms with van der Waals surface area (Å²) in [5, 5.41) is 9.01. The quantitative estimate of drug-likeness (QED) is 0.247. The van der Waals surface area contributed by atoms with Crippen LogP contribution < -0.4 is 21.5 Å². The molecule has 3 heterocycles. The van der Waals surface area contributed by atoms with Crippen molar-refractivity contribution in [1.29, 1.82) is 0 Å². The van der Waals surface area contributed by atoms with E-state index in [4.69, 9.17) is 9.31 Å². The Bertz CT molecular complexity index is 1910. The number of anilines is 1. The fourth-order valence-electron chi connectivity index (χ4n) is 8.70. The molecule has 1 saturated heterocycles. The van der Waals surface area contributed by atoms with Gasteiger partial charge in [0, 0.05) is 18.5 Å². The molecule has 5 aliphatic rings. The maximum Gasteiger partial charge on any atom is 0.481 e. The first-order chi connectivity index (χ1) is 24.0. The van der Waals surface area contributed by atoms with Gasteiger partial charge in [0.15, 0.2) is 0 Å². The molecule has 14 heteroatoms. The Kier molecular flexibility index (Phi) is 8.64. The highest BCUT2D eigenvalue weighted by molar-refractivity contribution is 6.47. The summed E-state index contributed by atoms with van der Waals surface area (Å²) < 4.78 is 54.4. The Morgan fingerprint density at radius 1 is 1.08 bits per heavy atom. The molecule has 8 rings (SSSR count). The molecular formula is C37H43BF3N5O5. The van der Waals surface area contributed by atoms with Gasteiger partial charge in [0.2, 0.25) is 5.91 Å². The first-order valence-electron chi connectivity index (χ1n) is 17.6. The number of hydrogen-bond acceptors (Lipinski definition) is 7. The van der Waals surface area contributed by atoms with Crippen molar-refractivity contribution >= 4 is 24.6 Å². The molecule has 4 fully saturated rings. The number of hydrogen-bond donors (Lipinski definition) is 3. The third-order valence-electron chi connectivity index (χ3n) is 11.8. The lowest BCUT2D eigenvalue weighted by Crippen LogP contribution is -2.63. The number of nitrogens with one attached hydrogen (secondary N) is 3. The number of benzene rings is 2. The molecule has 3 saturated carbocycles. The lowest BCUT2D eigenvalue weighted by atomic mass is 9.45. The first kappa shape index (κ1) is 35.2. The van der Waals surface area contributed by atoms with Gasteiger partial charge in [0.25, 0.3) is 11.5 Å². The SMILES string of the molecule is CC[C@H](NC(=O)C1C[C@@](C)(NC(=O)c2ccccc2)c2ncc(NCc3cccc(C(F)(F)F)c3)c(=O)n21)B1OC2C3CC(C[C@]2(C)O1)C3(C)C. The van der Waals surface area contributed by atoms with E-state index in [2.05, 4.69) is 41.7 Å². The topological polar surface area (TPSA) is 124 Å². The second kappa shape index (κ2) is 12.5. The van der Waals surface area contributed by atoms with Crippen molar-refractivity contribution in [2.24, 2.45) is 17.3 Å². The molecule has 270 valence electrons. The lowest BCUT2D eigenvalue weighted by molar-refractivity contribution is -0.185. The van der Waals surface area contributed by atoms with E-state index in [9.17, 15) is 27.6 Å². The number of amides is 2. The molecule has 0 spiro atoms. The van der Waals surface area contributed by atoms with Gasteiger partial charge in [-0.15, -0.1) is 0 Å². The molecule has 3 aliphatic carbocycles. The maximum absolute atomic E-state index is 14.3. The first-order valence-corrected chi connectivity index (χ1v) is 17.6. The van der Waals surface area contributed by atoms with Crippen molar-refractivity contribution in [2.45, 2.75) is 102 Å². The van der Waals surface area contributed by atoms with Crippen LogP contribution in [0.1, 0.15) is 93.7 Å². The van der Waals surface area contributed by atoms with Gasteiger partial charge in [-0.25, -0.2) is 4.98 Å². The van der Waals surface area contributed by atoms with E-state index in [1.54, 1.807) is 37.3 Å². The summed E-state index contributed by atoms with van der Waals surface area (Å²) in [4.78, 5) is 46.3. The predicted molar refractivity (Wildman–Crippen MR) is 185 cm³/mol. The summed E-state index contributed by atoms with van der Waals surface area (Å²) in [6, 6.07) is 12.3. The zero-order valence-electron chi connectivity index (χ0n) is 29.3. The van der Waals surface area contributed by atoms with Crippen molar-refractivity contribution in [3.63, 3.8) is 0 Å². The van der Waals surface area contributed by atoms with E-state index in [-0.39, 0.29) is 36.0 Å². The Morgan fingerprint density at radius 3 is 2.51 bits per heavy atom. The molecule has 3 N–H and O–H groups in total. The standard InChI is InChI=1S/C37H43BF3N5O5/c1-6-28(38-50-29-25-16-24(34(25,2)3)17-36(29,5)51-38)44-31(48)27-18-35(4,45-30(47)22-12-8-7-9-13-22)33-43-20-26(32(49)46(27)33)42-19-21-11-10-14-23(15-21)37(39,40)41/h7-15,20,24-25,27-29,42H,6,16-19H2,1-5H3,(H,44,48)(H,45,47)/t24?,25?,27?,28-,29?,35+,36-/m0/s1. The van der Waals surface area contributed by atoms with Crippen molar-refractivity contribution in [3.8, 4) is 0 Å². The monoisotopic (exact) mass is 705 g/mol. The highest BCUT2D eigenvalue weighted by Gasteiger charge is 2.67. The zero-order chi connectivity index (χ0) is 36.5. The highest BCUT2D eigenvalue weighted by Crippen LogP contribution is 2.64. The number of alkyl halides is 3. The van der Waals surface area contributed by atoms with Gasteiger partial charge in [0.1, 0.15) is 17.6 Å². The average molecular weight is 706 g/mol. The van der Waals surface area contributed by atoms with Crippen LogP contribution >= 0.6 is 0 Å². The highest BCUT2D eigenvalue weighted by atomic mass is 19.4. The lowest BCUT2D eigenvalue weighted by Gasteiger charge is -2.63. The summed E-state index contributed by atoms with van der Waals surface area (Å²) >= 11 is 0. The minimum Gasteiger partial charge on any atom is -0.404 e. The van der Waals surface area contributed by atoms with Crippen molar-refractivity contribution in [1.82, 2.24) is 20.2 Å². The van der Waals surface area contributed by atoms with E-state index < -0.39 is 59.4 Å². The normalized spacial score (nSPS) is 29.4. The molecule has 7 atom stereocenters. The van der Waals surface area contributed by atoms with Crippen molar-refractivity contribution < 1.29 is 32.1 Å². The molecule has 2 amide bonds. The Labute approximate surface area is 295 Å². The number of halogens is 3. The van der Waals surface area contributed by atoms with E-state index in [0.717, 1.165) is 25.0 Å².